The minimum atomic E-state index is -0.130. The van der Waals surface area contributed by atoms with E-state index in [0.717, 1.165) is 17.3 Å². The van der Waals surface area contributed by atoms with Gasteiger partial charge in [-0.15, -0.1) is 0 Å². The molecule has 5 nitrogen and oxygen atoms in total. The Morgan fingerprint density at radius 1 is 1.22 bits per heavy atom. The third-order valence-corrected chi connectivity index (χ3v) is 3.28. The zero-order valence-electron chi connectivity index (χ0n) is 9.70. The summed E-state index contributed by atoms with van der Waals surface area (Å²) < 4.78 is 9.62. The van der Waals surface area contributed by atoms with E-state index in [0.29, 0.717) is 23.5 Å². The number of hydrogen-bond donors (Lipinski definition) is 0. The maximum Gasteiger partial charge on any atom is 0.283 e. The Morgan fingerprint density at radius 3 is 2.78 bits per heavy atom. The van der Waals surface area contributed by atoms with Crippen molar-refractivity contribution >= 4 is 22.9 Å². The van der Waals surface area contributed by atoms with Crippen LogP contribution in [0.1, 0.15) is 11.4 Å². The van der Waals surface area contributed by atoms with Gasteiger partial charge >= 0.3 is 0 Å². The number of aromatic nitrogens is 4. The molecule has 0 radical (unpaired) electrons. The molecule has 0 unspecified atom stereocenters. The van der Waals surface area contributed by atoms with E-state index >= 15 is 0 Å². The van der Waals surface area contributed by atoms with E-state index in [9.17, 15) is 4.79 Å². The molecule has 0 amide bonds. The number of hydrogen-bond acceptors (Lipinski definition) is 5. The lowest BCUT2D eigenvalue weighted by molar-refractivity contribution is 0.711. The van der Waals surface area contributed by atoms with Gasteiger partial charge in [-0.2, -0.15) is 8.75 Å². The van der Waals surface area contributed by atoms with Crippen molar-refractivity contribution in [2.24, 2.45) is 0 Å². The first kappa shape index (κ1) is 11.0. The maximum atomic E-state index is 12.2. The molecule has 2 heterocycles. The summed E-state index contributed by atoms with van der Waals surface area (Å²) in [7, 11) is 0. The first-order valence-electron chi connectivity index (χ1n) is 5.49. The van der Waals surface area contributed by atoms with Crippen LogP contribution in [0.25, 0.3) is 11.2 Å². The molecule has 0 N–H and O–H groups in total. The van der Waals surface area contributed by atoms with E-state index < -0.39 is 0 Å². The van der Waals surface area contributed by atoms with Crippen LogP contribution < -0.4 is 5.56 Å². The Kier molecular flexibility index (Phi) is 2.64. The van der Waals surface area contributed by atoms with Gasteiger partial charge in [-0.25, -0.2) is 4.98 Å². The fourth-order valence-electron chi connectivity index (χ4n) is 1.83. The molecule has 3 rings (SSSR count). The van der Waals surface area contributed by atoms with Crippen LogP contribution in [0.2, 0.25) is 0 Å². The highest BCUT2D eigenvalue weighted by molar-refractivity contribution is 7.00. The standard InChI is InChI=1S/C12H10N4OS/c1-8-13-11-10(14-18-15-11)12(17)16(8)7-9-5-3-2-4-6-9/h2-6H,7H2,1H3. The highest BCUT2D eigenvalue weighted by Crippen LogP contribution is 2.07. The molecule has 0 aliphatic rings. The second kappa shape index (κ2) is 4.30. The highest BCUT2D eigenvalue weighted by Gasteiger charge is 2.11. The minimum Gasteiger partial charge on any atom is -0.290 e. The average molecular weight is 258 g/mol. The second-order valence-corrected chi connectivity index (χ2v) is 4.50. The van der Waals surface area contributed by atoms with Gasteiger partial charge in [0, 0.05) is 0 Å². The van der Waals surface area contributed by atoms with Crippen LogP contribution >= 0.6 is 11.7 Å². The Labute approximate surface area is 107 Å². The lowest BCUT2D eigenvalue weighted by Crippen LogP contribution is -2.24. The van der Waals surface area contributed by atoms with E-state index in [2.05, 4.69) is 13.7 Å². The van der Waals surface area contributed by atoms with Crippen LogP contribution in [0.4, 0.5) is 0 Å². The van der Waals surface area contributed by atoms with Crippen LogP contribution in [0.3, 0.4) is 0 Å². The van der Waals surface area contributed by atoms with Gasteiger partial charge in [0.15, 0.2) is 5.52 Å². The third kappa shape index (κ3) is 1.80. The Hall–Kier alpha value is -2.08. The van der Waals surface area contributed by atoms with Gasteiger partial charge in [0.05, 0.1) is 18.3 Å². The molecule has 6 heteroatoms. The van der Waals surface area contributed by atoms with Crippen molar-refractivity contribution in [2.45, 2.75) is 13.5 Å². The first-order valence-corrected chi connectivity index (χ1v) is 6.22. The van der Waals surface area contributed by atoms with Crippen LogP contribution in [-0.2, 0) is 6.54 Å². The number of aryl methyl sites for hydroxylation is 1. The van der Waals surface area contributed by atoms with Crippen LogP contribution in [0, 0.1) is 6.92 Å². The Bertz CT molecular complexity index is 748. The van der Waals surface area contributed by atoms with Gasteiger partial charge in [-0.05, 0) is 12.5 Å². The number of rotatable bonds is 2. The summed E-state index contributed by atoms with van der Waals surface area (Å²) in [6, 6.07) is 9.81. The summed E-state index contributed by atoms with van der Waals surface area (Å²) in [6.07, 6.45) is 0. The summed E-state index contributed by atoms with van der Waals surface area (Å²) in [5, 5.41) is 0. The van der Waals surface area contributed by atoms with E-state index in [4.69, 9.17) is 0 Å². The summed E-state index contributed by atoms with van der Waals surface area (Å²) in [6.45, 7) is 2.31. The maximum absolute atomic E-state index is 12.2. The zero-order valence-corrected chi connectivity index (χ0v) is 10.5. The highest BCUT2D eigenvalue weighted by atomic mass is 32.1. The Balaban J connectivity index is 2.14. The molecule has 2 aromatic heterocycles. The number of benzene rings is 1. The van der Waals surface area contributed by atoms with Gasteiger partial charge in [-0.3, -0.25) is 9.36 Å². The van der Waals surface area contributed by atoms with Gasteiger partial charge in [0.25, 0.3) is 5.56 Å². The van der Waals surface area contributed by atoms with Gasteiger partial charge < -0.3 is 0 Å². The molecule has 18 heavy (non-hydrogen) atoms. The quantitative estimate of drug-likeness (QED) is 0.700. The molecular weight excluding hydrogens is 248 g/mol. The third-order valence-electron chi connectivity index (χ3n) is 2.76. The van der Waals surface area contributed by atoms with Gasteiger partial charge in [0.2, 0.25) is 5.65 Å². The molecule has 0 saturated heterocycles. The van der Waals surface area contributed by atoms with Gasteiger partial charge in [0.1, 0.15) is 5.82 Å². The summed E-state index contributed by atoms with van der Waals surface area (Å²) >= 11 is 1.01. The van der Waals surface area contributed by atoms with Crippen molar-refractivity contribution in [2.75, 3.05) is 0 Å². The van der Waals surface area contributed by atoms with Crippen LogP contribution in [-0.4, -0.2) is 18.3 Å². The zero-order chi connectivity index (χ0) is 12.5. The molecule has 0 aliphatic heterocycles. The number of fused-ring (bicyclic) bond motifs is 1. The SMILES string of the molecule is Cc1nc2nsnc2c(=O)n1Cc1ccccc1. The molecule has 1 aromatic carbocycles. The monoisotopic (exact) mass is 258 g/mol. The lowest BCUT2D eigenvalue weighted by Gasteiger charge is -2.08. The van der Waals surface area contributed by atoms with Gasteiger partial charge in [-0.1, -0.05) is 30.3 Å². The van der Waals surface area contributed by atoms with E-state index in [-0.39, 0.29) is 5.56 Å². The summed E-state index contributed by atoms with van der Waals surface area (Å²) in [4.78, 5) is 16.5. The lowest BCUT2D eigenvalue weighted by atomic mass is 10.2. The molecule has 0 spiro atoms. The number of nitrogens with zero attached hydrogens (tertiary/aromatic N) is 4. The topological polar surface area (TPSA) is 60.7 Å². The van der Waals surface area contributed by atoms with E-state index in [1.807, 2.05) is 37.3 Å². The van der Waals surface area contributed by atoms with Crippen molar-refractivity contribution in [3.8, 4) is 0 Å². The fraction of sp³-hybridized carbons (Fsp3) is 0.167. The largest absolute Gasteiger partial charge is 0.290 e. The molecule has 0 atom stereocenters. The fourth-order valence-corrected chi connectivity index (χ4v) is 2.32. The summed E-state index contributed by atoms with van der Waals surface area (Å²) in [5.41, 5.74) is 1.72. The second-order valence-electron chi connectivity index (χ2n) is 3.97. The predicted octanol–water partition coefficient (Wildman–Crippen LogP) is 1.60. The molecule has 90 valence electrons. The molecule has 0 aliphatic carbocycles. The molecule has 0 saturated carbocycles. The first-order chi connectivity index (χ1) is 8.75. The van der Waals surface area contributed by atoms with Crippen LogP contribution in [0.15, 0.2) is 35.1 Å². The van der Waals surface area contributed by atoms with Crippen molar-refractivity contribution in [1.82, 2.24) is 18.3 Å². The van der Waals surface area contributed by atoms with Crippen molar-refractivity contribution in [1.29, 1.82) is 0 Å². The van der Waals surface area contributed by atoms with Crippen LogP contribution in [0.5, 0.6) is 0 Å². The smallest absolute Gasteiger partial charge is 0.283 e. The minimum absolute atomic E-state index is 0.130. The molecule has 0 fully saturated rings. The Morgan fingerprint density at radius 2 is 2.00 bits per heavy atom. The molecular formula is C12H10N4OS. The summed E-state index contributed by atoms with van der Waals surface area (Å²) in [5.74, 6) is 0.657. The van der Waals surface area contributed by atoms with E-state index in [1.54, 1.807) is 4.57 Å². The molecule has 3 aromatic rings. The normalized spacial score (nSPS) is 10.9. The predicted molar refractivity (Wildman–Crippen MR) is 69.8 cm³/mol. The van der Waals surface area contributed by atoms with Crippen molar-refractivity contribution < 1.29 is 0 Å². The molecule has 0 bridgehead atoms. The van der Waals surface area contributed by atoms with E-state index in [1.165, 1.54) is 0 Å². The average Bonchev–Trinajstić information content (AvgIpc) is 2.84. The van der Waals surface area contributed by atoms with Crippen molar-refractivity contribution in [3.63, 3.8) is 0 Å². The van der Waals surface area contributed by atoms with Crippen molar-refractivity contribution in [3.05, 3.63) is 52.1 Å².